The quantitative estimate of drug-likeness (QED) is 0.485. The summed E-state index contributed by atoms with van der Waals surface area (Å²) in [4.78, 5) is 2.20. The summed E-state index contributed by atoms with van der Waals surface area (Å²) in [5.41, 5.74) is 6.59. The molecule has 0 amide bonds. The molecule has 4 heteroatoms. The summed E-state index contributed by atoms with van der Waals surface area (Å²) in [7, 11) is 0. The van der Waals surface area contributed by atoms with Gasteiger partial charge in [-0.1, -0.05) is 26.8 Å². The highest BCUT2D eigenvalue weighted by atomic mass is 32.2. The number of benzene rings is 1. The van der Waals surface area contributed by atoms with E-state index in [4.69, 9.17) is 11.1 Å². The number of thioether (sulfide) groups is 2. The highest BCUT2D eigenvalue weighted by molar-refractivity contribution is 8.00. The van der Waals surface area contributed by atoms with Crippen LogP contribution in [0, 0.1) is 11.3 Å². The predicted molar refractivity (Wildman–Crippen MR) is 79.4 cm³/mol. The monoisotopic (exact) mass is 268 g/mol. The molecule has 0 saturated heterocycles. The van der Waals surface area contributed by atoms with Crippen molar-refractivity contribution in [2.45, 2.75) is 35.8 Å². The minimum atomic E-state index is 0.161. The Bertz CT molecular complexity index is 402. The fourth-order valence-electron chi connectivity index (χ4n) is 1.38. The number of nitrogen functional groups attached to an aromatic ring is 1. The lowest BCUT2D eigenvalue weighted by Gasteiger charge is -2.18. The first-order valence-corrected chi connectivity index (χ1v) is 7.75. The number of rotatable bonds is 5. The van der Waals surface area contributed by atoms with Crippen LogP contribution in [0.5, 0.6) is 0 Å². The molecule has 0 spiro atoms. The van der Waals surface area contributed by atoms with Gasteiger partial charge in [0.1, 0.15) is 5.84 Å². The number of hydrogen-bond acceptors (Lipinski definition) is 3. The van der Waals surface area contributed by atoms with E-state index in [-0.39, 0.29) is 5.84 Å². The maximum absolute atomic E-state index is 7.72. The molecule has 1 aromatic carbocycles. The first-order chi connectivity index (χ1) is 7.97. The van der Waals surface area contributed by atoms with Crippen molar-refractivity contribution in [1.29, 1.82) is 5.41 Å². The van der Waals surface area contributed by atoms with Crippen molar-refractivity contribution in [2.24, 2.45) is 11.7 Å². The van der Waals surface area contributed by atoms with Gasteiger partial charge in [0.2, 0.25) is 0 Å². The van der Waals surface area contributed by atoms with E-state index in [9.17, 15) is 0 Å². The van der Waals surface area contributed by atoms with Crippen molar-refractivity contribution < 1.29 is 0 Å². The maximum atomic E-state index is 7.72. The second-order valence-electron chi connectivity index (χ2n) is 4.31. The number of nitrogens with one attached hydrogen (secondary N) is 1. The third kappa shape index (κ3) is 3.68. The number of amidine groups is 1. The van der Waals surface area contributed by atoms with Crippen LogP contribution in [0.25, 0.3) is 0 Å². The fourth-order valence-corrected chi connectivity index (χ4v) is 3.25. The van der Waals surface area contributed by atoms with E-state index in [1.54, 1.807) is 23.5 Å². The van der Waals surface area contributed by atoms with Crippen molar-refractivity contribution >= 4 is 29.4 Å². The molecule has 0 aliphatic rings. The predicted octanol–water partition coefficient (Wildman–Crippen LogP) is 3.83. The molecule has 0 aliphatic carbocycles. The number of nitrogens with two attached hydrogens (primary N) is 1. The third-order valence-electron chi connectivity index (χ3n) is 2.73. The summed E-state index contributed by atoms with van der Waals surface area (Å²) in [6.45, 7) is 6.64. The van der Waals surface area contributed by atoms with E-state index in [0.717, 1.165) is 15.4 Å². The summed E-state index contributed by atoms with van der Waals surface area (Å²) >= 11 is 3.44. The topological polar surface area (TPSA) is 49.9 Å². The Hall–Kier alpha value is -0.610. The van der Waals surface area contributed by atoms with Crippen LogP contribution in [0.4, 0.5) is 0 Å². The highest BCUT2D eigenvalue weighted by Gasteiger charge is 2.15. The summed E-state index contributed by atoms with van der Waals surface area (Å²) in [5, 5.41) is 8.24. The van der Waals surface area contributed by atoms with E-state index in [0.29, 0.717) is 11.2 Å². The van der Waals surface area contributed by atoms with Crippen LogP contribution in [0.3, 0.4) is 0 Å². The van der Waals surface area contributed by atoms with Gasteiger partial charge in [0.25, 0.3) is 0 Å². The average molecular weight is 268 g/mol. The normalized spacial score (nSPS) is 12.8. The highest BCUT2D eigenvalue weighted by Crippen LogP contribution is 2.34. The molecule has 0 fully saturated rings. The van der Waals surface area contributed by atoms with Crippen LogP contribution < -0.4 is 5.73 Å². The Kier molecular flexibility index (Phi) is 5.40. The fraction of sp³-hybridized carbons (Fsp3) is 0.462. The van der Waals surface area contributed by atoms with E-state index < -0.39 is 0 Å². The van der Waals surface area contributed by atoms with Gasteiger partial charge in [-0.05, 0) is 24.3 Å². The summed E-state index contributed by atoms with van der Waals surface area (Å²) < 4.78 is 0. The Morgan fingerprint density at radius 3 is 2.29 bits per heavy atom. The van der Waals surface area contributed by atoms with Crippen molar-refractivity contribution in [3.8, 4) is 0 Å². The van der Waals surface area contributed by atoms with Crippen LogP contribution in [0.2, 0.25) is 0 Å². The van der Waals surface area contributed by atoms with Gasteiger partial charge in [-0.2, -0.15) is 0 Å². The minimum absolute atomic E-state index is 0.161. The van der Waals surface area contributed by atoms with Gasteiger partial charge in [-0.15, -0.1) is 23.5 Å². The molecular weight excluding hydrogens is 248 g/mol. The van der Waals surface area contributed by atoms with Crippen molar-refractivity contribution in [3.05, 3.63) is 23.8 Å². The average Bonchev–Trinajstić information content (AvgIpc) is 2.27. The Morgan fingerprint density at radius 1 is 1.24 bits per heavy atom. The van der Waals surface area contributed by atoms with E-state index >= 15 is 0 Å². The minimum Gasteiger partial charge on any atom is -0.384 e. The molecule has 2 nitrogen and oxygen atoms in total. The molecule has 3 N–H and O–H groups in total. The van der Waals surface area contributed by atoms with E-state index in [2.05, 4.69) is 26.8 Å². The third-order valence-corrected chi connectivity index (χ3v) is 5.02. The maximum Gasteiger partial charge on any atom is 0.125 e. The SMILES string of the molecule is CSc1cccc(SC(C)C(C)C)c1C(=N)N. The smallest absolute Gasteiger partial charge is 0.125 e. The zero-order valence-corrected chi connectivity index (χ0v) is 12.4. The lowest BCUT2D eigenvalue weighted by molar-refractivity contribution is 0.642. The molecular formula is C13H20N2S2. The molecule has 0 saturated carbocycles. The Labute approximate surface area is 112 Å². The van der Waals surface area contributed by atoms with Crippen molar-refractivity contribution in [1.82, 2.24) is 0 Å². The van der Waals surface area contributed by atoms with Crippen LogP contribution >= 0.6 is 23.5 Å². The number of hydrogen-bond donors (Lipinski definition) is 2. The first-order valence-electron chi connectivity index (χ1n) is 5.65. The van der Waals surface area contributed by atoms with E-state index in [1.807, 2.05) is 18.4 Å². The molecule has 17 heavy (non-hydrogen) atoms. The lowest BCUT2D eigenvalue weighted by atomic mass is 10.1. The van der Waals surface area contributed by atoms with Gasteiger partial charge in [-0.25, -0.2) is 0 Å². The molecule has 1 atom stereocenters. The molecule has 94 valence electrons. The van der Waals surface area contributed by atoms with E-state index in [1.165, 1.54) is 0 Å². The van der Waals surface area contributed by atoms with Crippen molar-refractivity contribution in [2.75, 3.05) is 6.26 Å². The second kappa shape index (κ2) is 6.36. The standard InChI is InChI=1S/C13H20N2S2/c1-8(2)9(3)17-11-7-5-6-10(16-4)12(11)13(14)15/h5-9H,1-4H3,(H3,14,15). The van der Waals surface area contributed by atoms with Gasteiger partial charge in [0.05, 0.1) is 0 Å². The first kappa shape index (κ1) is 14.5. The zero-order valence-electron chi connectivity index (χ0n) is 10.8. The Balaban J connectivity index is 3.10. The summed E-state index contributed by atoms with van der Waals surface area (Å²) in [6, 6.07) is 6.11. The molecule has 1 aromatic rings. The zero-order chi connectivity index (χ0) is 13.0. The van der Waals surface area contributed by atoms with Gasteiger partial charge in [-0.3, -0.25) is 5.41 Å². The largest absolute Gasteiger partial charge is 0.384 e. The van der Waals surface area contributed by atoms with Gasteiger partial charge >= 0.3 is 0 Å². The molecule has 1 rings (SSSR count). The van der Waals surface area contributed by atoms with Crippen LogP contribution in [0.1, 0.15) is 26.3 Å². The molecule has 0 bridgehead atoms. The lowest BCUT2D eigenvalue weighted by Crippen LogP contribution is -2.15. The second-order valence-corrected chi connectivity index (χ2v) is 6.58. The van der Waals surface area contributed by atoms with Crippen LogP contribution in [-0.4, -0.2) is 17.3 Å². The van der Waals surface area contributed by atoms with Gasteiger partial charge in [0, 0.05) is 20.6 Å². The van der Waals surface area contributed by atoms with Crippen molar-refractivity contribution in [3.63, 3.8) is 0 Å². The molecule has 1 unspecified atom stereocenters. The van der Waals surface area contributed by atoms with Crippen LogP contribution in [-0.2, 0) is 0 Å². The summed E-state index contributed by atoms with van der Waals surface area (Å²) in [5.74, 6) is 0.770. The molecule has 0 aliphatic heterocycles. The van der Waals surface area contributed by atoms with Gasteiger partial charge < -0.3 is 5.73 Å². The molecule has 0 aromatic heterocycles. The molecule has 0 radical (unpaired) electrons. The van der Waals surface area contributed by atoms with Gasteiger partial charge in [0.15, 0.2) is 0 Å². The summed E-state index contributed by atoms with van der Waals surface area (Å²) in [6.07, 6.45) is 2.02. The Morgan fingerprint density at radius 2 is 1.82 bits per heavy atom. The van der Waals surface area contributed by atoms with Crippen LogP contribution in [0.15, 0.2) is 28.0 Å². The molecule has 0 heterocycles.